The summed E-state index contributed by atoms with van der Waals surface area (Å²) in [5, 5.41) is 3.28. The van der Waals surface area contributed by atoms with Gasteiger partial charge in [-0.05, 0) is 79.1 Å². The maximum Gasteiger partial charge on any atom is 0.251 e. The number of rotatable bonds is 7. The van der Waals surface area contributed by atoms with Crippen LogP contribution in [0.1, 0.15) is 66.6 Å². The second kappa shape index (κ2) is 12.5. The van der Waals surface area contributed by atoms with E-state index in [9.17, 15) is 18.8 Å². The number of anilines is 1. The van der Waals surface area contributed by atoms with Crippen LogP contribution in [0.2, 0.25) is 5.02 Å². The molecule has 0 aliphatic carbocycles. The first-order chi connectivity index (χ1) is 19.7. The summed E-state index contributed by atoms with van der Waals surface area (Å²) in [7, 11) is 0. The van der Waals surface area contributed by atoms with Crippen LogP contribution in [0.5, 0.6) is 0 Å². The third-order valence-electron chi connectivity index (χ3n) is 7.80. The lowest BCUT2D eigenvalue weighted by atomic mass is 9.91. The average molecular weight is 582 g/mol. The average Bonchev–Trinajstić information content (AvgIpc) is 2.94. The number of aromatic nitrogens is 1. The molecule has 5 rings (SSSR count). The van der Waals surface area contributed by atoms with E-state index in [2.05, 4.69) is 12.2 Å². The minimum absolute atomic E-state index is 0.0172. The van der Waals surface area contributed by atoms with Crippen molar-refractivity contribution in [2.24, 2.45) is 5.73 Å². The zero-order chi connectivity index (χ0) is 29.1. The van der Waals surface area contributed by atoms with E-state index >= 15 is 0 Å². The lowest BCUT2D eigenvalue weighted by molar-refractivity contribution is -0.121. The van der Waals surface area contributed by atoms with Crippen molar-refractivity contribution >= 4 is 29.1 Å². The molecule has 2 aliphatic rings. The number of amides is 2. The molecule has 2 amide bonds. The number of halogens is 2. The Morgan fingerprint density at radius 1 is 1.10 bits per heavy atom. The number of hydrogen-bond acceptors (Lipinski definition) is 5. The van der Waals surface area contributed by atoms with Crippen LogP contribution in [0, 0.1) is 5.82 Å². The highest BCUT2D eigenvalue weighted by Gasteiger charge is 2.29. The standard InChI is InChI=1S/C31H33ClFN3O5/c1-2-22-11-18-6-7-20(32)12-25(18)26-15-29(37)36(16-19(26)17-41-22)28(14-23-5-3-4-10-40-23)31(39)35-21-8-9-24(30(34)38)27(33)13-21/h6-9,12-13,15-16,22-23,28H,2-5,10-11,14,17H2,1H3,(H2,34,38)(H,35,39)/t22?,23-,28?/m0/s1. The number of nitrogens with zero attached hydrogens (tertiary/aromatic N) is 1. The summed E-state index contributed by atoms with van der Waals surface area (Å²) in [6.45, 7) is 2.91. The summed E-state index contributed by atoms with van der Waals surface area (Å²) in [4.78, 5) is 38.8. The Morgan fingerprint density at radius 2 is 1.90 bits per heavy atom. The number of ether oxygens (including phenoxy) is 2. The van der Waals surface area contributed by atoms with Gasteiger partial charge in [-0.25, -0.2) is 4.39 Å². The fraction of sp³-hybridized carbons (Fsp3) is 0.387. The Bertz CT molecular complexity index is 1520. The molecule has 41 heavy (non-hydrogen) atoms. The molecule has 216 valence electrons. The van der Waals surface area contributed by atoms with Gasteiger partial charge in [0.25, 0.3) is 11.5 Å². The molecule has 3 N–H and O–H groups in total. The Balaban J connectivity index is 1.54. The Morgan fingerprint density at radius 3 is 2.61 bits per heavy atom. The minimum Gasteiger partial charge on any atom is -0.378 e. The number of nitrogens with one attached hydrogen (secondary N) is 1. The molecule has 3 heterocycles. The molecule has 3 aromatic rings. The van der Waals surface area contributed by atoms with E-state index in [0.717, 1.165) is 54.0 Å². The van der Waals surface area contributed by atoms with Gasteiger partial charge in [0.05, 0.1) is 24.4 Å². The molecule has 2 aliphatic heterocycles. The highest BCUT2D eigenvalue weighted by molar-refractivity contribution is 6.30. The molecule has 1 fully saturated rings. The molecule has 10 heteroatoms. The van der Waals surface area contributed by atoms with Crippen LogP contribution < -0.4 is 16.6 Å². The van der Waals surface area contributed by atoms with Gasteiger partial charge in [-0.2, -0.15) is 0 Å². The van der Waals surface area contributed by atoms with Crippen molar-refractivity contribution in [1.82, 2.24) is 4.57 Å². The number of carbonyl (C=O) groups is 2. The smallest absolute Gasteiger partial charge is 0.251 e. The first-order valence-electron chi connectivity index (χ1n) is 13.9. The molecule has 2 unspecified atom stereocenters. The van der Waals surface area contributed by atoms with Gasteiger partial charge >= 0.3 is 0 Å². The van der Waals surface area contributed by atoms with Crippen LogP contribution in [0.15, 0.2) is 53.5 Å². The third kappa shape index (κ3) is 6.53. The minimum atomic E-state index is -0.943. The Kier molecular flexibility index (Phi) is 8.87. The van der Waals surface area contributed by atoms with Gasteiger partial charge in [-0.3, -0.25) is 14.4 Å². The molecule has 0 bridgehead atoms. The number of primary amides is 1. The highest BCUT2D eigenvalue weighted by atomic mass is 35.5. The van der Waals surface area contributed by atoms with Crippen molar-refractivity contribution in [3.8, 4) is 11.1 Å². The molecule has 1 saturated heterocycles. The number of hydrogen-bond donors (Lipinski definition) is 2. The van der Waals surface area contributed by atoms with Crippen molar-refractivity contribution < 1.29 is 23.5 Å². The fourth-order valence-electron chi connectivity index (χ4n) is 5.56. The zero-order valence-corrected chi connectivity index (χ0v) is 23.6. The van der Waals surface area contributed by atoms with Crippen LogP contribution in [-0.2, 0) is 27.3 Å². The molecule has 2 aromatic carbocycles. The van der Waals surface area contributed by atoms with Gasteiger partial charge in [0.15, 0.2) is 0 Å². The normalized spacial score (nSPS) is 19.3. The summed E-state index contributed by atoms with van der Waals surface area (Å²) < 4.78 is 28.0. The van der Waals surface area contributed by atoms with Gasteiger partial charge in [0, 0.05) is 41.6 Å². The van der Waals surface area contributed by atoms with Crippen molar-refractivity contribution in [3.05, 3.63) is 86.5 Å². The number of carbonyl (C=O) groups excluding carboxylic acids is 2. The Hall–Kier alpha value is -3.53. The molecular weight excluding hydrogens is 549 g/mol. The van der Waals surface area contributed by atoms with E-state index in [-0.39, 0.29) is 42.0 Å². The van der Waals surface area contributed by atoms with Crippen molar-refractivity contribution in [1.29, 1.82) is 0 Å². The maximum absolute atomic E-state index is 14.4. The highest BCUT2D eigenvalue weighted by Crippen LogP contribution is 2.34. The summed E-state index contributed by atoms with van der Waals surface area (Å²) >= 11 is 6.36. The van der Waals surface area contributed by atoms with Gasteiger partial charge in [0.2, 0.25) is 5.91 Å². The van der Waals surface area contributed by atoms with E-state index in [1.54, 1.807) is 6.20 Å². The molecule has 0 saturated carbocycles. The number of nitrogens with two attached hydrogens (primary N) is 1. The lowest BCUT2D eigenvalue weighted by Crippen LogP contribution is -2.37. The molecule has 0 radical (unpaired) electrons. The molecule has 8 nitrogen and oxygen atoms in total. The summed E-state index contributed by atoms with van der Waals surface area (Å²) in [6.07, 6.45) is 5.87. The quantitative estimate of drug-likeness (QED) is 0.388. The van der Waals surface area contributed by atoms with E-state index in [0.29, 0.717) is 18.1 Å². The zero-order valence-electron chi connectivity index (χ0n) is 22.8. The second-order valence-electron chi connectivity index (χ2n) is 10.6. The van der Waals surface area contributed by atoms with Crippen molar-refractivity contribution in [3.63, 3.8) is 0 Å². The van der Waals surface area contributed by atoms with Gasteiger partial charge in [-0.15, -0.1) is 0 Å². The first kappa shape index (κ1) is 29.0. The van der Waals surface area contributed by atoms with Gasteiger partial charge in [-0.1, -0.05) is 24.6 Å². The summed E-state index contributed by atoms with van der Waals surface area (Å²) in [5.41, 5.74) is 8.09. The molecule has 0 spiro atoms. The summed E-state index contributed by atoms with van der Waals surface area (Å²) in [6, 6.07) is 9.90. The molecular formula is C31H33ClFN3O5. The van der Waals surface area contributed by atoms with E-state index in [1.165, 1.54) is 22.8 Å². The van der Waals surface area contributed by atoms with Crippen LogP contribution in [0.3, 0.4) is 0 Å². The first-order valence-corrected chi connectivity index (χ1v) is 14.3. The number of pyridine rings is 1. The number of fused-ring (bicyclic) bond motifs is 3. The van der Waals surface area contributed by atoms with Crippen LogP contribution in [0.4, 0.5) is 10.1 Å². The predicted octanol–water partition coefficient (Wildman–Crippen LogP) is 5.40. The van der Waals surface area contributed by atoms with Crippen LogP contribution in [0.25, 0.3) is 11.1 Å². The molecule has 3 atom stereocenters. The maximum atomic E-state index is 14.4. The third-order valence-corrected chi connectivity index (χ3v) is 8.04. The number of benzene rings is 2. The van der Waals surface area contributed by atoms with Gasteiger partial charge in [0.1, 0.15) is 11.9 Å². The lowest BCUT2D eigenvalue weighted by Gasteiger charge is -2.29. The van der Waals surface area contributed by atoms with E-state index in [4.69, 9.17) is 26.8 Å². The van der Waals surface area contributed by atoms with E-state index in [1.807, 2.05) is 18.2 Å². The predicted molar refractivity (Wildman–Crippen MR) is 155 cm³/mol. The largest absolute Gasteiger partial charge is 0.378 e. The summed E-state index contributed by atoms with van der Waals surface area (Å²) in [5.74, 6) is -2.26. The second-order valence-corrected chi connectivity index (χ2v) is 11.0. The fourth-order valence-corrected chi connectivity index (χ4v) is 5.73. The van der Waals surface area contributed by atoms with Crippen LogP contribution >= 0.6 is 11.6 Å². The Labute approximate surface area is 242 Å². The van der Waals surface area contributed by atoms with E-state index < -0.39 is 23.7 Å². The van der Waals surface area contributed by atoms with Crippen LogP contribution in [-0.4, -0.2) is 35.2 Å². The molecule has 1 aromatic heterocycles. The SMILES string of the molecule is CCC1Cc2ccc(Cl)cc2-c2cc(=O)n(C(C[C@@H]3CCCCO3)C(=O)Nc3ccc(C(N)=O)c(F)c3)cc2CO1. The van der Waals surface area contributed by atoms with Crippen molar-refractivity contribution in [2.75, 3.05) is 11.9 Å². The van der Waals surface area contributed by atoms with Crippen molar-refractivity contribution in [2.45, 2.75) is 70.3 Å². The monoisotopic (exact) mass is 581 g/mol. The van der Waals surface area contributed by atoms with Gasteiger partial charge < -0.3 is 25.1 Å². The topological polar surface area (TPSA) is 113 Å².